The Bertz CT molecular complexity index is 1330. The third-order valence-electron chi connectivity index (χ3n) is 4.89. The molecule has 4 aromatic rings. The Hall–Kier alpha value is -3.10. The lowest BCUT2D eigenvalue weighted by molar-refractivity contribution is -0.116. The van der Waals surface area contributed by atoms with E-state index in [1.807, 2.05) is 42.7 Å². The number of H-pyrrole nitrogens is 2. The molecule has 3 N–H and O–H groups in total. The quantitative estimate of drug-likeness (QED) is 0.293. The van der Waals surface area contributed by atoms with Gasteiger partial charge in [-0.2, -0.15) is 0 Å². The highest BCUT2D eigenvalue weighted by atomic mass is 35.5. The van der Waals surface area contributed by atoms with Gasteiger partial charge in [-0.05, 0) is 49.9 Å². The number of aromatic nitrogens is 4. The SMILES string of the molecule is CSc1nc(C)c(CCC(=O)Nc2ccc3nc(-c4ccccc4Cl)[nH]c3c2)c(=O)[nH]1. The number of imidazole rings is 1. The molecule has 0 aliphatic carbocycles. The Kier molecular flexibility index (Phi) is 6.11. The van der Waals surface area contributed by atoms with E-state index >= 15 is 0 Å². The summed E-state index contributed by atoms with van der Waals surface area (Å²) in [6.07, 6.45) is 2.34. The average Bonchev–Trinajstić information content (AvgIpc) is 3.16. The highest BCUT2D eigenvalue weighted by Crippen LogP contribution is 2.28. The topological polar surface area (TPSA) is 104 Å². The van der Waals surface area contributed by atoms with Gasteiger partial charge in [0, 0.05) is 28.9 Å². The van der Waals surface area contributed by atoms with E-state index in [1.54, 1.807) is 13.0 Å². The molecule has 2 aromatic heterocycles. The fourth-order valence-electron chi connectivity index (χ4n) is 3.31. The number of hydrogen-bond acceptors (Lipinski definition) is 5. The largest absolute Gasteiger partial charge is 0.338 e. The van der Waals surface area contributed by atoms with Crippen molar-refractivity contribution in [2.45, 2.75) is 24.9 Å². The predicted octanol–water partition coefficient (Wildman–Crippen LogP) is 4.57. The van der Waals surface area contributed by atoms with E-state index in [4.69, 9.17) is 11.6 Å². The van der Waals surface area contributed by atoms with Gasteiger partial charge in [-0.3, -0.25) is 9.59 Å². The lowest BCUT2D eigenvalue weighted by Crippen LogP contribution is -2.20. The molecule has 0 atom stereocenters. The number of anilines is 1. The van der Waals surface area contributed by atoms with Crippen molar-refractivity contribution in [3.05, 3.63) is 69.1 Å². The lowest BCUT2D eigenvalue weighted by atomic mass is 10.1. The van der Waals surface area contributed by atoms with E-state index in [-0.39, 0.29) is 17.9 Å². The monoisotopic (exact) mass is 453 g/mol. The number of fused-ring (bicyclic) bond motifs is 1. The fourth-order valence-corrected chi connectivity index (χ4v) is 3.95. The van der Waals surface area contributed by atoms with Gasteiger partial charge in [0.05, 0.1) is 16.1 Å². The molecule has 0 unspecified atom stereocenters. The van der Waals surface area contributed by atoms with Crippen molar-refractivity contribution in [2.75, 3.05) is 11.6 Å². The second-order valence-electron chi connectivity index (χ2n) is 6.98. The summed E-state index contributed by atoms with van der Waals surface area (Å²) in [5, 5.41) is 4.06. The number of carbonyl (C=O) groups is 1. The summed E-state index contributed by atoms with van der Waals surface area (Å²) < 4.78 is 0. The first-order valence-corrected chi connectivity index (χ1v) is 11.2. The van der Waals surface area contributed by atoms with E-state index in [2.05, 4.69) is 25.3 Å². The van der Waals surface area contributed by atoms with Crippen molar-refractivity contribution in [3.8, 4) is 11.4 Å². The molecule has 0 bridgehead atoms. The number of benzene rings is 2. The molecule has 0 saturated carbocycles. The van der Waals surface area contributed by atoms with Crippen LogP contribution in [0.25, 0.3) is 22.4 Å². The first-order chi connectivity index (χ1) is 14.9. The second-order valence-corrected chi connectivity index (χ2v) is 8.19. The zero-order valence-electron chi connectivity index (χ0n) is 17.0. The number of amides is 1. The molecule has 4 rings (SSSR count). The molecule has 0 spiro atoms. The normalized spacial score (nSPS) is 11.1. The summed E-state index contributed by atoms with van der Waals surface area (Å²) in [6, 6.07) is 12.9. The molecule has 0 aliphatic rings. The first kappa shape index (κ1) is 21.1. The average molecular weight is 454 g/mol. The van der Waals surface area contributed by atoms with E-state index in [1.165, 1.54) is 11.8 Å². The zero-order chi connectivity index (χ0) is 22.0. The molecule has 9 heteroatoms. The van der Waals surface area contributed by atoms with Gasteiger partial charge in [-0.1, -0.05) is 35.5 Å². The standard InChI is InChI=1S/C22H20ClN5O2S/c1-12-14(21(30)28-22(24-12)31-2)8-10-19(29)25-13-7-9-17-18(11-13)27-20(26-17)15-5-3-4-6-16(15)23/h3-7,9,11H,8,10H2,1-2H3,(H,25,29)(H,26,27)(H,24,28,30). The van der Waals surface area contributed by atoms with Crippen LogP contribution in [0.1, 0.15) is 17.7 Å². The number of aromatic amines is 2. The maximum atomic E-state index is 12.4. The Morgan fingerprint density at radius 2 is 1.97 bits per heavy atom. The first-order valence-electron chi connectivity index (χ1n) is 9.63. The van der Waals surface area contributed by atoms with Crippen LogP contribution in [-0.4, -0.2) is 32.1 Å². The van der Waals surface area contributed by atoms with Crippen molar-refractivity contribution in [1.29, 1.82) is 0 Å². The van der Waals surface area contributed by atoms with Crippen LogP contribution >= 0.6 is 23.4 Å². The second kappa shape index (κ2) is 8.95. The van der Waals surface area contributed by atoms with Crippen LogP contribution in [0, 0.1) is 6.92 Å². The molecule has 0 fully saturated rings. The molecular formula is C22H20ClN5O2S. The van der Waals surface area contributed by atoms with Gasteiger partial charge in [0.2, 0.25) is 5.91 Å². The van der Waals surface area contributed by atoms with Crippen molar-refractivity contribution in [2.24, 2.45) is 0 Å². The van der Waals surface area contributed by atoms with Crippen LogP contribution in [0.3, 0.4) is 0 Å². The smallest absolute Gasteiger partial charge is 0.254 e. The number of carbonyl (C=O) groups excluding carboxylic acids is 1. The maximum Gasteiger partial charge on any atom is 0.254 e. The van der Waals surface area contributed by atoms with E-state index in [0.29, 0.717) is 39.4 Å². The van der Waals surface area contributed by atoms with Crippen molar-refractivity contribution in [1.82, 2.24) is 19.9 Å². The van der Waals surface area contributed by atoms with Gasteiger partial charge in [0.25, 0.3) is 5.56 Å². The van der Waals surface area contributed by atoms with Crippen LogP contribution in [0.5, 0.6) is 0 Å². The molecule has 2 aromatic carbocycles. The highest BCUT2D eigenvalue weighted by molar-refractivity contribution is 7.98. The predicted molar refractivity (Wildman–Crippen MR) is 125 cm³/mol. The van der Waals surface area contributed by atoms with Crippen molar-refractivity contribution < 1.29 is 4.79 Å². The van der Waals surface area contributed by atoms with Gasteiger partial charge in [0.1, 0.15) is 5.82 Å². The number of rotatable bonds is 6. The molecule has 1 amide bonds. The number of halogens is 1. The number of aryl methyl sites for hydroxylation is 1. The maximum absolute atomic E-state index is 12.4. The van der Waals surface area contributed by atoms with Crippen LogP contribution in [-0.2, 0) is 11.2 Å². The van der Waals surface area contributed by atoms with E-state index in [9.17, 15) is 9.59 Å². The van der Waals surface area contributed by atoms with Gasteiger partial charge in [-0.25, -0.2) is 9.97 Å². The Labute approximate surface area is 187 Å². The molecule has 2 heterocycles. The van der Waals surface area contributed by atoms with Gasteiger partial charge >= 0.3 is 0 Å². The molecule has 0 radical (unpaired) electrons. The third-order valence-corrected chi connectivity index (χ3v) is 5.80. The summed E-state index contributed by atoms with van der Waals surface area (Å²) in [4.78, 5) is 39.5. The molecule has 0 aliphatic heterocycles. The summed E-state index contributed by atoms with van der Waals surface area (Å²) in [7, 11) is 0. The summed E-state index contributed by atoms with van der Waals surface area (Å²) in [6.45, 7) is 1.78. The van der Waals surface area contributed by atoms with Crippen LogP contribution < -0.4 is 10.9 Å². The summed E-state index contributed by atoms with van der Waals surface area (Å²) >= 11 is 7.64. The number of thioether (sulfide) groups is 1. The Morgan fingerprint density at radius 1 is 1.16 bits per heavy atom. The zero-order valence-corrected chi connectivity index (χ0v) is 18.5. The highest BCUT2D eigenvalue weighted by Gasteiger charge is 2.12. The fraction of sp³-hybridized carbons (Fsp3) is 0.182. The molecule has 7 nitrogen and oxygen atoms in total. The van der Waals surface area contributed by atoms with Crippen LogP contribution in [0.2, 0.25) is 5.02 Å². The number of nitrogens with zero attached hydrogens (tertiary/aromatic N) is 2. The summed E-state index contributed by atoms with van der Waals surface area (Å²) in [5.74, 6) is 0.484. The van der Waals surface area contributed by atoms with Crippen molar-refractivity contribution in [3.63, 3.8) is 0 Å². The third kappa shape index (κ3) is 4.65. The van der Waals surface area contributed by atoms with Gasteiger partial charge in [0.15, 0.2) is 5.16 Å². The molecule has 31 heavy (non-hydrogen) atoms. The van der Waals surface area contributed by atoms with Crippen LogP contribution in [0.15, 0.2) is 52.4 Å². The van der Waals surface area contributed by atoms with E-state index in [0.717, 1.165) is 16.6 Å². The van der Waals surface area contributed by atoms with Crippen molar-refractivity contribution >= 4 is 46.0 Å². The van der Waals surface area contributed by atoms with Gasteiger partial charge in [-0.15, -0.1) is 0 Å². The Morgan fingerprint density at radius 3 is 2.71 bits per heavy atom. The molecular weight excluding hydrogens is 434 g/mol. The minimum Gasteiger partial charge on any atom is -0.338 e. The lowest BCUT2D eigenvalue weighted by Gasteiger charge is -2.07. The summed E-state index contributed by atoms with van der Waals surface area (Å²) in [5.41, 5.74) is 4.00. The minimum atomic E-state index is -0.198. The van der Waals surface area contributed by atoms with Gasteiger partial charge < -0.3 is 15.3 Å². The Balaban J connectivity index is 1.47. The van der Waals surface area contributed by atoms with E-state index < -0.39 is 0 Å². The molecule has 158 valence electrons. The minimum absolute atomic E-state index is 0.177. The molecule has 0 saturated heterocycles. The van der Waals surface area contributed by atoms with Crippen LogP contribution in [0.4, 0.5) is 5.69 Å². The number of nitrogens with one attached hydrogen (secondary N) is 3. The number of hydrogen-bond donors (Lipinski definition) is 3.